The van der Waals surface area contributed by atoms with Gasteiger partial charge in [0.25, 0.3) is 0 Å². The lowest BCUT2D eigenvalue weighted by Crippen LogP contribution is -2.08. The van der Waals surface area contributed by atoms with E-state index >= 15 is 0 Å². The molecule has 110 valence electrons. The first-order valence-electron chi connectivity index (χ1n) is 6.27. The van der Waals surface area contributed by atoms with E-state index in [1.54, 1.807) is 6.07 Å². The maximum Gasteiger partial charge on any atom is 0.159 e. The van der Waals surface area contributed by atoms with Gasteiger partial charge in [0.15, 0.2) is 11.6 Å². The number of rotatable bonds is 5. The van der Waals surface area contributed by atoms with Gasteiger partial charge in [0, 0.05) is 22.9 Å². The summed E-state index contributed by atoms with van der Waals surface area (Å²) in [5, 5.41) is 0. The van der Waals surface area contributed by atoms with E-state index in [0.29, 0.717) is 11.3 Å². The molecule has 0 saturated heterocycles. The molecule has 2 nitrogen and oxygen atoms in total. The fourth-order valence-corrected chi connectivity index (χ4v) is 2.45. The summed E-state index contributed by atoms with van der Waals surface area (Å²) in [6, 6.07) is 8.88. The Morgan fingerprint density at radius 2 is 1.86 bits per heavy atom. The molecule has 0 aliphatic carbocycles. The number of methoxy groups -OCH3 is 1. The van der Waals surface area contributed by atoms with Gasteiger partial charge in [0.2, 0.25) is 0 Å². The van der Waals surface area contributed by atoms with E-state index in [4.69, 9.17) is 4.74 Å². The van der Waals surface area contributed by atoms with Crippen molar-refractivity contribution < 1.29 is 18.3 Å². The van der Waals surface area contributed by atoms with Crippen molar-refractivity contribution in [2.45, 2.75) is 12.8 Å². The molecule has 0 heterocycles. The standard InChI is InChI=1S/C16H13BrF2O2/c1-21-16-5-3-12(17)8-11(16)9-13(20)6-10-2-4-14(18)15(19)7-10/h2-5,7-8H,6,9H2,1H3. The summed E-state index contributed by atoms with van der Waals surface area (Å²) in [5.41, 5.74) is 1.20. The average Bonchev–Trinajstić information content (AvgIpc) is 2.43. The zero-order chi connectivity index (χ0) is 15.4. The van der Waals surface area contributed by atoms with Crippen molar-refractivity contribution in [1.29, 1.82) is 0 Å². The number of ether oxygens (including phenoxy) is 1. The van der Waals surface area contributed by atoms with Gasteiger partial charge in [-0.15, -0.1) is 0 Å². The first kappa shape index (κ1) is 15.6. The molecule has 2 aromatic carbocycles. The van der Waals surface area contributed by atoms with Crippen molar-refractivity contribution in [2.75, 3.05) is 7.11 Å². The largest absolute Gasteiger partial charge is 0.496 e. The number of hydrogen-bond acceptors (Lipinski definition) is 2. The number of ketones is 1. The van der Waals surface area contributed by atoms with Crippen molar-refractivity contribution in [2.24, 2.45) is 0 Å². The van der Waals surface area contributed by atoms with Crippen molar-refractivity contribution >= 4 is 21.7 Å². The normalized spacial score (nSPS) is 10.5. The summed E-state index contributed by atoms with van der Waals surface area (Å²) in [4.78, 5) is 12.1. The third-order valence-electron chi connectivity index (χ3n) is 3.02. The summed E-state index contributed by atoms with van der Waals surface area (Å²) in [7, 11) is 1.53. The van der Waals surface area contributed by atoms with Gasteiger partial charge in [-0.3, -0.25) is 4.79 Å². The minimum absolute atomic E-state index is 0.0485. The van der Waals surface area contributed by atoms with Gasteiger partial charge < -0.3 is 4.74 Å². The third kappa shape index (κ3) is 4.11. The Labute approximate surface area is 129 Å². The summed E-state index contributed by atoms with van der Waals surface area (Å²) in [5.74, 6) is -1.34. The van der Waals surface area contributed by atoms with Crippen LogP contribution in [0.3, 0.4) is 0 Å². The van der Waals surface area contributed by atoms with Crippen LogP contribution >= 0.6 is 15.9 Å². The van der Waals surface area contributed by atoms with Crippen LogP contribution in [0.15, 0.2) is 40.9 Å². The number of Topliss-reactive ketones (excluding diaryl/α,β-unsaturated/α-hetero) is 1. The topological polar surface area (TPSA) is 26.3 Å². The number of hydrogen-bond donors (Lipinski definition) is 0. The van der Waals surface area contributed by atoms with E-state index in [9.17, 15) is 13.6 Å². The molecule has 0 fully saturated rings. The molecule has 0 atom stereocenters. The summed E-state index contributed by atoms with van der Waals surface area (Å²) >= 11 is 3.34. The molecule has 0 N–H and O–H groups in total. The van der Waals surface area contributed by atoms with Crippen molar-refractivity contribution in [3.8, 4) is 5.75 Å². The molecule has 0 saturated carbocycles. The molecule has 21 heavy (non-hydrogen) atoms. The average molecular weight is 355 g/mol. The fraction of sp³-hybridized carbons (Fsp3) is 0.188. The Morgan fingerprint density at radius 3 is 2.52 bits per heavy atom. The molecule has 0 aromatic heterocycles. The van der Waals surface area contributed by atoms with Crippen LogP contribution in [-0.4, -0.2) is 12.9 Å². The highest BCUT2D eigenvalue weighted by molar-refractivity contribution is 9.10. The Balaban J connectivity index is 2.11. The smallest absolute Gasteiger partial charge is 0.159 e. The van der Waals surface area contributed by atoms with Crippen molar-refractivity contribution in [1.82, 2.24) is 0 Å². The number of benzene rings is 2. The summed E-state index contributed by atoms with van der Waals surface area (Å²) in [6.07, 6.45) is 0.217. The van der Waals surface area contributed by atoms with Crippen LogP contribution in [0.1, 0.15) is 11.1 Å². The van der Waals surface area contributed by atoms with Crippen LogP contribution < -0.4 is 4.74 Å². The fourth-order valence-electron chi connectivity index (χ4n) is 2.04. The Kier molecular flexibility index (Phi) is 5.07. The van der Waals surface area contributed by atoms with Gasteiger partial charge in [0.05, 0.1) is 7.11 Å². The monoisotopic (exact) mass is 354 g/mol. The summed E-state index contributed by atoms with van der Waals surface area (Å²) < 4.78 is 32.0. The van der Waals surface area contributed by atoms with Gasteiger partial charge in [-0.1, -0.05) is 22.0 Å². The Bertz CT molecular complexity index is 671. The second-order valence-electron chi connectivity index (χ2n) is 4.60. The zero-order valence-corrected chi connectivity index (χ0v) is 12.9. The lowest BCUT2D eigenvalue weighted by molar-refractivity contribution is -0.117. The van der Waals surface area contributed by atoms with Crippen LogP contribution in [0, 0.1) is 11.6 Å². The molecule has 0 radical (unpaired) electrons. The quantitative estimate of drug-likeness (QED) is 0.808. The number of halogens is 3. The molecule has 0 spiro atoms. The second-order valence-corrected chi connectivity index (χ2v) is 5.51. The van der Waals surface area contributed by atoms with Crippen LogP contribution in [0.25, 0.3) is 0 Å². The lowest BCUT2D eigenvalue weighted by atomic mass is 10.0. The van der Waals surface area contributed by atoms with E-state index in [1.165, 1.54) is 13.2 Å². The van der Waals surface area contributed by atoms with E-state index < -0.39 is 11.6 Å². The molecule has 0 unspecified atom stereocenters. The molecule has 2 rings (SSSR count). The van der Waals surface area contributed by atoms with E-state index in [2.05, 4.69) is 15.9 Å². The predicted molar refractivity (Wildman–Crippen MR) is 79.5 cm³/mol. The van der Waals surface area contributed by atoms with Gasteiger partial charge in [-0.2, -0.15) is 0 Å². The summed E-state index contributed by atoms with van der Waals surface area (Å²) in [6.45, 7) is 0. The lowest BCUT2D eigenvalue weighted by Gasteiger charge is -2.08. The van der Waals surface area contributed by atoms with Gasteiger partial charge in [0.1, 0.15) is 11.5 Å². The van der Waals surface area contributed by atoms with Crippen LogP contribution in [0.2, 0.25) is 0 Å². The molecule has 0 aliphatic heterocycles. The molecular formula is C16H13BrF2O2. The highest BCUT2D eigenvalue weighted by Gasteiger charge is 2.11. The minimum atomic E-state index is -0.944. The van der Waals surface area contributed by atoms with Gasteiger partial charge >= 0.3 is 0 Å². The van der Waals surface area contributed by atoms with E-state index in [1.807, 2.05) is 12.1 Å². The third-order valence-corrected chi connectivity index (χ3v) is 3.51. The Hall–Kier alpha value is -1.75. The molecule has 0 bridgehead atoms. The molecule has 2 aromatic rings. The maximum absolute atomic E-state index is 13.1. The van der Waals surface area contributed by atoms with E-state index in [0.717, 1.165) is 22.2 Å². The molecule has 5 heteroatoms. The van der Waals surface area contributed by atoms with Crippen LogP contribution in [-0.2, 0) is 17.6 Å². The number of carbonyl (C=O) groups is 1. The highest BCUT2D eigenvalue weighted by atomic mass is 79.9. The highest BCUT2D eigenvalue weighted by Crippen LogP contribution is 2.24. The van der Waals surface area contributed by atoms with Crippen molar-refractivity contribution in [3.05, 3.63) is 63.6 Å². The predicted octanol–water partition coefficient (Wildman–Crippen LogP) is 4.09. The zero-order valence-electron chi connectivity index (χ0n) is 11.3. The van der Waals surface area contributed by atoms with Crippen molar-refractivity contribution in [3.63, 3.8) is 0 Å². The van der Waals surface area contributed by atoms with Gasteiger partial charge in [-0.05, 0) is 35.9 Å². The molecule has 0 aliphatic rings. The molecular weight excluding hydrogens is 342 g/mol. The number of carbonyl (C=O) groups excluding carboxylic acids is 1. The van der Waals surface area contributed by atoms with E-state index in [-0.39, 0.29) is 18.6 Å². The van der Waals surface area contributed by atoms with Crippen LogP contribution in [0.4, 0.5) is 8.78 Å². The first-order chi connectivity index (χ1) is 9.99. The molecule has 0 amide bonds. The first-order valence-corrected chi connectivity index (χ1v) is 7.07. The SMILES string of the molecule is COc1ccc(Br)cc1CC(=O)Cc1ccc(F)c(F)c1. The maximum atomic E-state index is 13.1. The Morgan fingerprint density at radius 1 is 1.10 bits per heavy atom. The minimum Gasteiger partial charge on any atom is -0.496 e. The van der Waals surface area contributed by atoms with Gasteiger partial charge in [-0.25, -0.2) is 8.78 Å². The second kappa shape index (κ2) is 6.80. The van der Waals surface area contributed by atoms with Crippen LogP contribution in [0.5, 0.6) is 5.75 Å².